The van der Waals surface area contributed by atoms with E-state index in [9.17, 15) is 8.42 Å². The molecule has 0 atom stereocenters. The van der Waals surface area contributed by atoms with E-state index in [-0.39, 0.29) is 0 Å². The summed E-state index contributed by atoms with van der Waals surface area (Å²) in [5.74, 6) is 1.42. The molecule has 8 heteroatoms. The molecule has 4 rings (SSSR count). The first-order chi connectivity index (χ1) is 14.3. The molecule has 2 heterocycles. The first-order valence-electron chi connectivity index (χ1n) is 9.85. The summed E-state index contributed by atoms with van der Waals surface area (Å²) in [6.45, 7) is 6.69. The number of nitrogens with zero attached hydrogens (tertiary/aromatic N) is 3. The van der Waals surface area contributed by atoms with Crippen LogP contribution in [-0.4, -0.2) is 48.8 Å². The van der Waals surface area contributed by atoms with Crippen molar-refractivity contribution in [3.05, 3.63) is 70.0 Å². The van der Waals surface area contributed by atoms with Crippen molar-refractivity contribution in [1.29, 1.82) is 0 Å². The average molecular weight is 490 g/mol. The Labute approximate surface area is 185 Å². The molecule has 1 fully saturated rings. The van der Waals surface area contributed by atoms with Gasteiger partial charge in [0, 0.05) is 42.8 Å². The van der Waals surface area contributed by atoms with Crippen LogP contribution in [0.2, 0.25) is 0 Å². The molecule has 1 saturated heterocycles. The molecule has 2 aromatic carbocycles. The second-order valence-corrected chi connectivity index (χ2v) is 10.3. The maximum atomic E-state index is 13.0. The van der Waals surface area contributed by atoms with E-state index in [2.05, 4.69) is 25.8 Å². The van der Waals surface area contributed by atoms with Gasteiger partial charge in [0.1, 0.15) is 5.76 Å². The van der Waals surface area contributed by atoms with Gasteiger partial charge in [-0.15, -0.1) is 0 Å². The van der Waals surface area contributed by atoms with Gasteiger partial charge in [0.25, 0.3) is 0 Å². The number of aromatic nitrogens is 1. The predicted octanol–water partition coefficient (Wildman–Crippen LogP) is 4.23. The van der Waals surface area contributed by atoms with Crippen LogP contribution in [0.4, 0.5) is 0 Å². The predicted molar refractivity (Wildman–Crippen MR) is 120 cm³/mol. The molecule has 1 aliphatic rings. The summed E-state index contributed by atoms with van der Waals surface area (Å²) in [4.78, 5) is 7.23. The highest BCUT2D eigenvalue weighted by molar-refractivity contribution is 9.10. The van der Waals surface area contributed by atoms with Crippen LogP contribution in [0, 0.1) is 13.8 Å². The van der Waals surface area contributed by atoms with E-state index in [1.165, 1.54) is 0 Å². The molecule has 0 radical (unpaired) electrons. The Morgan fingerprint density at radius 1 is 1.03 bits per heavy atom. The van der Waals surface area contributed by atoms with E-state index in [1.54, 1.807) is 22.5 Å². The minimum absolute atomic E-state index is 0.344. The van der Waals surface area contributed by atoms with Crippen LogP contribution < -0.4 is 0 Å². The molecule has 0 aliphatic carbocycles. The second-order valence-electron chi connectivity index (χ2n) is 7.48. The van der Waals surface area contributed by atoms with Crippen molar-refractivity contribution in [2.75, 3.05) is 26.2 Å². The van der Waals surface area contributed by atoms with E-state index in [1.807, 2.05) is 44.2 Å². The monoisotopic (exact) mass is 489 g/mol. The highest BCUT2D eigenvalue weighted by atomic mass is 79.9. The number of aryl methyl sites for hydroxylation is 2. The number of oxazole rings is 1. The molecule has 1 aliphatic heterocycles. The molecule has 3 aromatic rings. The molecule has 0 bridgehead atoms. The van der Waals surface area contributed by atoms with Gasteiger partial charge < -0.3 is 4.42 Å². The highest BCUT2D eigenvalue weighted by Gasteiger charge is 2.29. The Morgan fingerprint density at radius 2 is 1.73 bits per heavy atom. The van der Waals surface area contributed by atoms with Gasteiger partial charge in [0.05, 0.1) is 10.6 Å². The lowest BCUT2D eigenvalue weighted by molar-refractivity contribution is 0.179. The number of halogens is 1. The summed E-state index contributed by atoms with van der Waals surface area (Å²) >= 11 is 3.43. The lowest BCUT2D eigenvalue weighted by Crippen LogP contribution is -2.48. The maximum absolute atomic E-state index is 13.0. The fraction of sp³-hybridized carbons (Fsp3) is 0.318. The summed E-state index contributed by atoms with van der Waals surface area (Å²) in [5, 5.41) is 0. The molecule has 0 amide bonds. The Hall–Kier alpha value is -2.00. The number of piperazine rings is 1. The van der Waals surface area contributed by atoms with Gasteiger partial charge in [-0.05, 0) is 49.7 Å². The largest absolute Gasteiger partial charge is 0.441 e. The summed E-state index contributed by atoms with van der Waals surface area (Å²) in [6, 6.07) is 15.0. The molecule has 6 nitrogen and oxygen atoms in total. The maximum Gasteiger partial charge on any atom is 0.243 e. The van der Waals surface area contributed by atoms with Crippen LogP contribution in [0.25, 0.3) is 11.5 Å². The van der Waals surface area contributed by atoms with Crippen molar-refractivity contribution < 1.29 is 12.8 Å². The standard InChI is InChI=1S/C22H24BrN3O3S/c1-16-14-19(8-9-20(16)23)30(27,28)26-12-10-25(11-13-26)15-21-17(2)29-22(24-21)18-6-4-3-5-7-18/h3-9,14H,10-13,15H2,1-2H3. The fourth-order valence-electron chi connectivity index (χ4n) is 3.55. The summed E-state index contributed by atoms with van der Waals surface area (Å²) < 4.78 is 34.3. The van der Waals surface area contributed by atoms with Crippen LogP contribution in [0.1, 0.15) is 17.0 Å². The van der Waals surface area contributed by atoms with Crippen LogP contribution in [0.15, 0.2) is 62.3 Å². The van der Waals surface area contributed by atoms with Crippen LogP contribution in [0.3, 0.4) is 0 Å². The van der Waals surface area contributed by atoms with E-state index >= 15 is 0 Å². The zero-order valence-electron chi connectivity index (χ0n) is 17.0. The first kappa shape index (κ1) is 21.2. The topological polar surface area (TPSA) is 66.7 Å². The molecule has 0 N–H and O–H groups in total. The van der Waals surface area contributed by atoms with Gasteiger partial charge in [0.15, 0.2) is 0 Å². The Balaban J connectivity index is 1.41. The first-order valence-corrected chi connectivity index (χ1v) is 12.1. The van der Waals surface area contributed by atoms with Gasteiger partial charge in [-0.25, -0.2) is 13.4 Å². The Kier molecular flexibility index (Phi) is 6.11. The van der Waals surface area contributed by atoms with Gasteiger partial charge >= 0.3 is 0 Å². The van der Waals surface area contributed by atoms with E-state index in [0.717, 1.165) is 27.1 Å². The molecule has 30 heavy (non-hydrogen) atoms. The van der Waals surface area contributed by atoms with Crippen LogP contribution in [-0.2, 0) is 16.6 Å². The van der Waals surface area contributed by atoms with Crippen molar-refractivity contribution in [1.82, 2.24) is 14.2 Å². The Morgan fingerprint density at radius 3 is 2.40 bits per heavy atom. The van der Waals surface area contributed by atoms with Crippen molar-refractivity contribution in [3.8, 4) is 11.5 Å². The SMILES string of the molecule is Cc1cc(S(=O)(=O)N2CCN(Cc3nc(-c4ccccc4)oc3C)CC2)ccc1Br. The normalized spacial score (nSPS) is 16.1. The lowest BCUT2D eigenvalue weighted by Gasteiger charge is -2.33. The van der Waals surface area contributed by atoms with Gasteiger partial charge in [-0.2, -0.15) is 4.31 Å². The number of hydrogen-bond donors (Lipinski definition) is 0. The van der Waals surface area contributed by atoms with E-state index in [4.69, 9.17) is 4.42 Å². The van der Waals surface area contributed by atoms with Gasteiger partial charge in [0.2, 0.25) is 15.9 Å². The molecular weight excluding hydrogens is 466 g/mol. The zero-order valence-corrected chi connectivity index (χ0v) is 19.4. The van der Waals surface area contributed by atoms with E-state index in [0.29, 0.717) is 43.5 Å². The third kappa shape index (κ3) is 4.37. The number of sulfonamides is 1. The quantitative estimate of drug-likeness (QED) is 0.536. The minimum atomic E-state index is -3.49. The number of hydrogen-bond acceptors (Lipinski definition) is 5. The molecule has 0 spiro atoms. The van der Waals surface area contributed by atoms with Crippen molar-refractivity contribution in [3.63, 3.8) is 0 Å². The lowest BCUT2D eigenvalue weighted by atomic mass is 10.2. The van der Waals surface area contributed by atoms with Gasteiger partial charge in [-0.3, -0.25) is 4.90 Å². The zero-order chi connectivity index (χ0) is 21.3. The molecule has 0 saturated carbocycles. The van der Waals surface area contributed by atoms with Crippen molar-refractivity contribution in [2.24, 2.45) is 0 Å². The third-order valence-electron chi connectivity index (χ3n) is 5.39. The molecular formula is C22H24BrN3O3S. The molecule has 0 unspecified atom stereocenters. The highest BCUT2D eigenvalue weighted by Crippen LogP contribution is 2.25. The smallest absolute Gasteiger partial charge is 0.243 e. The fourth-order valence-corrected chi connectivity index (χ4v) is 5.30. The van der Waals surface area contributed by atoms with E-state index < -0.39 is 10.0 Å². The summed E-state index contributed by atoms with van der Waals surface area (Å²) in [5.41, 5.74) is 2.76. The van der Waals surface area contributed by atoms with Crippen LogP contribution in [0.5, 0.6) is 0 Å². The van der Waals surface area contributed by atoms with Crippen molar-refractivity contribution >= 4 is 26.0 Å². The van der Waals surface area contributed by atoms with Gasteiger partial charge in [-0.1, -0.05) is 34.1 Å². The number of benzene rings is 2. The summed E-state index contributed by atoms with van der Waals surface area (Å²) in [7, 11) is -3.49. The molecule has 158 valence electrons. The Bertz CT molecular complexity index is 1140. The molecule has 1 aromatic heterocycles. The number of rotatable bonds is 5. The third-order valence-corrected chi connectivity index (χ3v) is 8.17. The summed E-state index contributed by atoms with van der Waals surface area (Å²) in [6.07, 6.45) is 0. The average Bonchev–Trinajstić information content (AvgIpc) is 3.11. The minimum Gasteiger partial charge on any atom is -0.441 e. The second kappa shape index (κ2) is 8.63. The van der Waals surface area contributed by atoms with Crippen LogP contribution >= 0.6 is 15.9 Å². The van der Waals surface area contributed by atoms with Crippen molar-refractivity contribution in [2.45, 2.75) is 25.3 Å².